The van der Waals surface area contributed by atoms with E-state index in [-0.39, 0.29) is 24.8 Å². The maximum Gasteiger partial charge on any atom is 0.241 e. The van der Waals surface area contributed by atoms with E-state index < -0.39 is 10.0 Å². The van der Waals surface area contributed by atoms with E-state index in [1.54, 1.807) is 31.2 Å². The molecule has 1 aromatic carbocycles. The van der Waals surface area contributed by atoms with Crippen LogP contribution in [0, 0.1) is 6.92 Å². The maximum atomic E-state index is 11.8. The fourth-order valence-electron chi connectivity index (χ4n) is 1.49. The van der Waals surface area contributed by atoms with Crippen molar-refractivity contribution < 1.29 is 17.7 Å². The number of ether oxygens (including phenoxy) is 1. The molecule has 1 aromatic heterocycles. The summed E-state index contributed by atoms with van der Waals surface area (Å²) in [5.74, 6) is 1.06. The zero-order valence-electron chi connectivity index (χ0n) is 11.4. The Kier molecular flexibility index (Phi) is 4.76. The molecule has 0 fully saturated rings. The second kappa shape index (κ2) is 6.55. The zero-order chi connectivity index (χ0) is 15.3. The van der Waals surface area contributed by atoms with Gasteiger partial charge in [-0.15, -0.1) is 0 Å². The normalized spacial score (nSPS) is 11.5. The minimum Gasteiger partial charge on any atom is -0.492 e. The van der Waals surface area contributed by atoms with E-state index in [4.69, 9.17) is 15.0 Å². The average molecular weight is 312 g/mol. The summed E-state index contributed by atoms with van der Waals surface area (Å²) in [5, 5.41) is 3.57. The highest BCUT2D eigenvalue weighted by atomic mass is 32.2. The highest BCUT2D eigenvalue weighted by Gasteiger charge is 2.12. The summed E-state index contributed by atoms with van der Waals surface area (Å²) in [6.45, 7) is 1.65. The van der Waals surface area contributed by atoms with E-state index in [0.29, 0.717) is 17.3 Å². The molecule has 2 rings (SSSR count). The Balaban J connectivity index is 1.77. The van der Waals surface area contributed by atoms with Crippen LogP contribution in [0.5, 0.6) is 5.75 Å². The third-order valence-corrected chi connectivity index (χ3v) is 3.80. The largest absolute Gasteiger partial charge is 0.492 e. The maximum absolute atomic E-state index is 11.8. The monoisotopic (exact) mass is 312 g/mol. The lowest BCUT2D eigenvalue weighted by Gasteiger charge is -2.07. The summed E-state index contributed by atoms with van der Waals surface area (Å²) in [5.41, 5.74) is 6.16. The predicted molar refractivity (Wildman–Crippen MR) is 76.0 cm³/mol. The Bertz CT molecular complexity index is 682. The van der Waals surface area contributed by atoms with Crippen molar-refractivity contribution in [3.8, 4) is 5.75 Å². The number of nitrogens with one attached hydrogen (secondary N) is 1. The molecule has 21 heavy (non-hydrogen) atoms. The first-order valence-corrected chi connectivity index (χ1v) is 7.85. The highest BCUT2D eigenvalue weighted by molar-refractivity contribution is 7.89. The Labute approximate surface area is 122 Å². The van der Waals surface area contributed by atoms with E-state index in [9.17, 15) is 8.42 Å². The summed E-state index contributed by atoms with van der Waals surface area (Å²) >= 11 is 0. The first-order valence-electron chi connectivity index (χ1n) is 6.19. The predicted octanol–water partition coefficient (Wildman–Crippen LogP) is 0.459. The van der Waals surface area contributed by atoms with Crippen LogP contribution >= 0.6 is 0 Å². The fraction of sp³-hybridized carbons (Fsp3) is 0.333. The lowest BCUT2D eigenvalue weighted by atomic mass is 10.3. The summed E-state index contributed by atoms with van der Waals surface area (Å²) in [6, 6.07) is 6.72. The number of anilines is 1. The Morgan fingerprint density at radius 2 is 2.05 bits per heavy atom. The van der Waals surface area contributed by atoms with Crippen molar-refractivity contribution in [2.45, 2.75) is 13.5 Å². The van der Waals surface area contributed by atoms with Crippen molar-refractivity contribution >= 4 is 15.7 Å². The minimum atomic E-state index is -3.48. The lowest BCUT2D eigenvalue weighted by molar-refractivity contribution is 0.339. The Morgan fingerprint density at radius 3 is 2.67 bits per heavy atom. The van der Waals surface area contributed by atoms with Crippen molar-refractivity contribution in [2.75, 3.05) is 18.1 Å². The van der Waals surface area contributed by atoms with Gasteiger partial charge in [0.1, 0.15) is 12.4 Å². The molecule has 0 aliphatic heterocycles. The van der Waals surface area contributed by atoms with Gasteiger partial charge >= 0.3 is 0 Å². The fourth-order valence-corrected chi connectivity index (χ4v) is 2.28. The third kappa shape index (κ3) is 5.04. The number of benzene rings is 1. The molecule has 114 valence electrons. The van der Waals surface area contributed by atoms with Gasteiger partial charge in [-0.2, -0.15) is 4.98 Å². The molecule has 0 saturated carbocycles. The molecule has 0 aliphatic rings. The van der Waals surface area contributed by atoms with Gasteiger partial charge < -0.3 is 15.0 Å². The molecule has 0 atom stereocenters. The van der Waals surface area contributed by atoms with Crippen molar-refractivity contribution in [3.05, 3.63) is 36.0 Å². The number of nitrogens with zero attached hydrogens (tertiary/aromatic N) is 2. The minimum absolute atomic E-state index is 0.0299. The summed E-state index contributed by atoms with van der Waals surface area (Å²) < 4.78 is 36.0. The molecule has 0 unspecified atom stereocenters. The van der Waals surface area contributed by atoms with Crippen LogP contribution in [0.1, 0.15) is 11.7 Å². The molecule has 2 aromatic rings. The molecule has 0 spiro atoms. The first-order chi connectivity index (χ1) is 9.94. The van der Waals surface area contributed by atoms with E-state index >= 15 is 0 Å². The van der Waals surface area contributed by atoms with E-state index in [2.05, 4.69) is 14.9 Å². The van der Waals surface area contributed by atoms with E-state index in [0.717, 1.165) is 0 Å². The smallest absolute Gasteiger partial charge is 0.241 e. The number of nitrogens with two attached hydrogens (primary N) is 1. The van der Waals surface area contributed by atoms with Gasteiger partial charge in [0.2, 0.25) is 15.9 Å². The van der Waals surface area contributed by atoms with Crippen LogP contribution < -0.4 is 15.2 Å². The van der Waals surface area contributed by atoms with Crippen molar-refractivity contribution in [2.24, 2.45) is 0 Å². The molecule has 8 nitrogen and oxygen atoms in total. The van der Waals surface area contributed by atoms with Gasteiger partial charge in [-0.1, -0.05) is 5.16 Å². The SMILES string of the molecule is Cc1noc(CNS(=O)(=O)CCOc2ccc(N)cc2)n1. The average Bonchev–Trinajstić information content (AvgIpc) is 2.85. The quantitative estimate of drug-likeness (QED) is 0.712. The second-order valence-electron chi connectivity index (χ2n) is 4.29. The molecular weight excluding hydrogens is 296 g/mol. The van der Waals surface area contributed by atoms with Crippen molar-refractivity contribution in [1.82, 2.24) is 14.9 Å². The van der Waals surface area contributed by atoms with Crippen LogP contribution in [0.4, 0.5) is 5.69 Å². The third-order valence-electron chi connectivity index (χ3n) is 2.51. The molecule has 0 saturated heterocycles. The summed E-state index contributed by atoms with van der Waals surface area (Å²) in [6.07, 6.45) is 0. The van der Waals surface area contributed by atoms with Crippen LogP contribution in [0.2, 0.25) is 0 Å². The van der Waals surface area contributed by atoms with Gasteiger partial charge in [0, 0.05) is 5.69 Å². The molecule has 3 N–H and O–H groups in total. The van der Waals surface area contributed by atoms with Crippen LogP contribution in [-0.2, 0) is 16.6 Å². The van der Waals surface area contributed by atoms with Crippen LogP contribution in [0.15, 0.2) is 28.8 Å². The number of nitrogen functional groups attached to an aromatic ring is 1. The molecule has 0 radical (unpaired) electrons. The van der Waals surface area contributed by atoms with Gasteiger partial charge in [-0.05, 0) is 31.2 Å². The summed E-state index contributed by atoms with van der Waals surface area (Å²) in [7, 11) is -3.48. The van der Waals surface area contributed by atoms with Gasteiger partial charge in [0.05, 0.1) is 12.3 Å². The van der Waals surface area contributed by atoms with Crippen LogP contribution in [0.25, 0.3) is 0 Å². The van der Waals surface area contributed by atoms with Gasteiger partial charge in [0.15, 0.2) is 5.82 Å². The van der Waals surface area contributed by atoms with Crippen molar-refractivity contribution in [3.63, 3.8) is 0 Å². The van der Waals surface area contributed by atoms with E-state index in [1.165, 1.54) is 0 Å². The molecule has 9 heteroatoms. The summed E-state index contributed by atoms with van der Waals surface area (Å²) in [4.78, 5) is 3.90. The standard InChI is InChI=1S/C12H16N4O4S/c1-9-15-12(20-16-9)8-14-21(17,18)7-6-19-11-4-2-10(13)3-5-11/h2-5,14H,6-8,13H2,1H3. The lowest BCUT2D eigenvalue weighted by Crippen LogP contribution is -2.28. The Morgan fingerprint density at radius 1 is 1.33 bits per heavy atom. The topological polar surface area (TPSA) is 120 Å². The highest BCUT2D eigenvalue weighted by Crippen LogP contribution is 2.12. The number of rotatable bonds is 7. The van der Waals surface area contributed by atoms with Gasteiger partial charge in [0.25, 0.3) is 0 Å². The Hall–Kier alpha value is -2.13. The number of aryl methyl sites for hydroxylation is 1. The molecule has 0 amide bonds. The first kappa shape index (κ1) is 15.3. The second-order valence-corrected chi connectivity index (χ2v) is 6.22. The number of aromatic nitrogens is 2. The number of sulfonamides is 1. The van der Waals surface area contributed by atoms with E-state index in [1.807, 2.05) is 0 Å². The zero-order valence-corrected chi connectivity index (χ0v) is 12.3. The number of hydrogen-bond acceptors (Lipinski definition) is 7. The van der Waals surface area contributed by atoms with Crippen LogP contribution in [-0.4, -0.2) is 30.9 Å². The van der Waals surface area contributed by atoms with Crippen LogP contribution in [0.3, 0.4) is 0 Å². The molecule has 0 aliphatic carbocycles. The van der Waals surface area contributed by atoms with Gasteiger partial charge in [-0.25, -0.2) is 13.1 Å². The molecular formula is C12H16N4O4S. The molecule has 0 bridgehead atoms. The van der Waals surface area contributed by atoms with Gasteiger partial charge in [-0.3, -0.25) is 0 Å². The number of hydrogen-bond donors (Lipinski definition) is 2. The molecule has 1 heterocycles. The van der Waals surface area contributed by atoms with Crippen molar-refractivity contribution in [1.29, 1.82) is 0 Å².